The van der Waals surface area contributed by atoms with E-state index in [0.29, 0.717) is 11.9 Å². The Kier molecular flexibility index (Phi) is 2.11. The minimum absolute atomic E-state index is 0.280. The number of hydrogen-bond acceptors (Lipinski definition) is 3. The molecule has 0 unspecified atom stereocenters. The fourth-order valence-corrected chi connectivity index (χ4v) is 1.48. The molecule has 74 valence electrons. The summed E-state index contributed by atoms with van der Waals surface area (Å²) in [7, 11) is 1.90. The van der Waals surface area contributed by atoms with Gasteiger partial charge in [-0.1, -0.05) is 0 Å². The highest BCUT2D eigenvalue weighted by atomic mass is 16.4. The van der Waals surface area contributed by atoms with E-state index >= 15 is 0 Å². The molecule has 1 fully saturated rings. The maximum absolute atomic E-state index is 10.9. The second kappa shape index (κ2) is 3.29. The van der Waals surface area contributed by atoms with Crippen LogP contribution in [0.25, 0.3) is 0 Å². The van der Waals surface area contributed by atoms with E-state index in [1.165, 1.54) is 0 Å². The van der Waals surface area contributed by atoms with Gasteiger partial charge in [-0.2, -0.15) is 0 Å². The molecule has 0 spiro atoms. The van der Waals surface area contributed by atoms with Crippen molar-refractivity contribution < 1.29 is 9.90 Å². The van der Waals surface area contributed by atoms with Crippen LogP contribution in [0.5, 0.6) is 0 Å². The second-order valence-electron chi connectivity index (χ2n) is 3.52. The number of nitrogens with zero attached hydrogens (tertiary/aromatic N) is 2. The Morgan fingerprint density at radius 2 is 2.36 bits per heavy atom. The minimum atomic E-state index is -0.916. The van der Waals surface area contributed by atoms with Gasteiger partial charge in [0, 0.05) is 19.3 Å². The molecule has 1 aromatic heterocycles. The average molecular weight is 192 g/mol. The van der Waals surface area contributed by atoms with Crippen LogP contribution in [0.4, 0.5) is 5.82 Å². The molecular formula is C10H12N2O2. The van der Waals surface area contributed by atoms with Crippen LogP contribution in [0, 0.1) is 0 Å². The SMILES string of the molecule is CN(c1ncccc1C(=O)O)C1CC1. The summed E-state index contributed by atoms with van der Waals surface area (Å²) in [5.74, 6) is -0.344. The largest absolute Gasteiger partial charge is 0.478 e. The number of carbonyl (C=O) groups is 1. The molecule has 0 radical (unpaired) electrons. The zero-order valence-corrected chi connectivity index (χ0v) is 7.97. The van der Waals surface area contributed by atoms with Crippen molar-refractivity contribution in [2.24, 2.45) is 0 Å². The Labute approximate surface area is 82.2 Å². The van der Waals surface area contributed by atoms with Crippen molar-refractivity contribution in [3.8, 4) is 0 Å². The zero-order valence-electron chi connectivity index (χ0n) is 7.97. The van der Waals surface area contributed by atoms with Crippen molar-refractivity contribution in [2.45, 2.75) is 18.9 Å². The average Bonchev–Trinajstić information content (AvgIpc) is 3.00. The number of hydrogen-bond donors (Lipinski definition) is 1. The molecule has 0 amide bonds. The Hall–Kier alpha value is -1.58. The highest BCUT2D eigenvalue weighted by Gasteiger charge is 2.29. The van der Waals surface area contributed by atoms with Gasteiger partial charge in [0.25, 0.3) is 0 Å². The first-order valence-corrected chi connectivity index (χ1v) is 4.61. The summed E-state index contributed by atoms with van der Waals surface area (Å²) in [6.07, 6.45) is 3.89. The minimum Gasteiger partial charge on any atom is -0.478 e. The van der Waals surface area contributed by atoms with Crippen molar-refractivity contribution in [2.75, 3.05) is 11.9 Å². The summed E-state index contributed by atoms with van der Waals surface area (Å²) < 4.78 is 0. The van der Waals surface area contributed by atoms with Crippen LogP contribution in [0.2, 0.25) is 0 Å². The van der Waals surface area contributed by atoms with E-state index in [9.17, 15) is 4.79 Å². The van der Waals surface area contributed by atoms with Gasteiger partial charge in [-0.25, -0.2) is 9.78 Å². The molecule has 0 aliphatic heterocycles. The third-order valence-corrected chi connectivity index (χ3v) is 2.45. The third-order valence-electron chi connectivity index (χ3n) is 2.45. The second-order valence-corrected chi connectivity index (χ2v) is 3.52. The monoisotopic (exact) mass is 192 g/mol. The number of pyridine rings is 1. The third kappa shape index (κ3) is 1.55. The predicted octanol–water partition coefficient (Wildman–Crippen LogP) is 1.38. The molecule has 0 atom stereocenters. The Morgan fingerprint density at radius 1 is 1.64 bits per heavy atom. The number of carboxylic acids is 1. The smallest absolute Gasteiger partial charge is 0.339 e. The lowest BCUT2D eigenvalue weighted by Gasteiger charge is -2.18. The Morgan fingerprint density at radius 3 is 2.93 bits per heavy atom. The summed E-state index contributed by atoms with van der Waals surface area (Å²) >= 11 is 0. The first kappa shape index (κ1) is 8.99. The number of aromatic nitrogens is 1. The van der Waals surface area contributed by atoms with Crippen LogP contribution in [-0.4, -0.2) is 29.1 Å². The number of anilines is 1. The van der Waals surface area contributed by atoms with Gasteiger partial charge >= 0.3 is 5.97 Å². The molecule has 1 heterocycles. The molecule has 1 aromatic rings. The van der Waals surface area contributed by atoms with E-state index < -0.39 is 5.97 Å². The molecule has 1 aliphatic carbocycles. The lowest BCUT2D eigenvalue weighted by Crippen LogP contribution is -2.23. The van der Waals surface area contributed by atoms with Crippen molar-refractivity contribution in [3.63, 3.8) is 0 Å². The van der Waals surface area contributed by atoms with E-state index in [-0.39, 0.29) is 5.56 Å². The molecule has 0 aromatic carbocycles. The van der Waals surface area contributed by atoms with E-state index in [4.69, 9.17) is 5.11 Å². The van der Waals surface area contributed by atoms with Gasteiger partial charge in [0.1, 0.15) is 11.4 Å². The van der Waals surface area contributed by atoms with Crippen LogP contribution < -0.4 is 4.90 Å². The maximum atomic E-state index is 10.9. The standard InChI is InChI=1S/C10H12N2O2/c1-12(7-4-5-7)9-8(10(13)14)3-2-6-11-9/h2-3,6-7H,4-5H2,1H3,(H,13,14). The molecule has 4 nitrogen and oxygen atoms in total. The van der Waals surface area contributed by atoms with Gasteiger partial charge in [0.2, 0.25) is 0 Å². The number of aromatic carboxylic acids is 1. The van der Waals surface area contributed by atoms with Crippen molar-refractivity contribution in [1.82, 2.24) is 4.98 Å². The van der Waals surface area contributed by atoms with E-state index in [1.807, 2.05) is 11.9 Å². The van der Waals surface area contributed by atoms with Gasteiger partial charge in [-0.05, 0) is 25.0 Å². The highest BCUT2D eigenvalue weighted by molar-refractivity contribution is 5.93. The van der Waals surface area contributed by atoms with Crippen molar-refractivity contribution in [3.05, 3.63) is 23.9 Å². The summed E-state index contributed by atoms with van der Waals surface area (Å²) in [6.45, 7) is 0. The van der Waals surface area contributed by atoms with Gasteiger partial charge in [0.05, 0.1) is 0 Å². The van der Waals surface area contributed by atoms with Crippen molar-refractivity contribution >= 4 is 11.8 Å². The van der Waals surface area contributed by atoms with Crippen LogP contribution in [-0.2, 0) is 0 Å². The Balaban J connectivity index is 2.34. The summed E-state index contributed by atoms with van der Waals surface area (Å²) in [4.78, 5) is 17.0. The fraction of sp³-hybridized carbons (Fsp3) is 0.400. The van der Waals surface area contributed by atoms with Gasteiger partial charge in [0.15, 0.2) is 0 Å². The first-order chi connectivity index (χ1) is 6.70. The van der Waals surface area contributed by atoms with Gasteiger partial charge in [-0.15, -0.1) is 0 Å². The molecule has 1 N–H and O–H groups in total. The van der Waals surface area contributed by atoms with Crippen LogP contribution >= 0.6 is 0 Å². The number of carboxylic acid groups (broad SMARTS) is 1. The van der Waals surface area contributed by atoms with Gasteiger partial charge in [-0.3, -0.25) is 0 Å². The lowest BCUT2D eigenvalue weighted by molar-refractivity contribution is 0.0697. The molecule has 0 saturated heterocycles. The molecule has 1 aliphatic rings. The maximum Gasteiger partial charge on any atom is 0.339 e. The zero-order chi connectivity index (χ0) is 10.1. The molecule has 0 bridgehead atoms. The fourth-order valence-electron chi connectivity index (χ4n) is 1.48. The topological polar surface area (TPSA) is 53.4 Å². The van der Waals surface area contributed by atoms with Crippen LogP contribution in [0.3, 0.4) is 0 Å². The van der Waals surface area contributed by atoms with Crippen molar-refractivity contribution in [1.29, 1.82) is 0 Å². The first-order valence-electron chi connectivity index (χ1n) is 4.61. The normalized spacial score (nSPS) is 15.2. The molecule has 14 heavy (non-hydrogen) atoms. The highest BCUT2D eigenvalue weighted by Crippen LogP contribution is 2.30. The quantitative estimate of drug-likeness (QED) is 0.786. The van der Waals surface area contributed by atoms with E-state index in [2.05, 4.69) is 4.98 Å². The van der Waals surface area contributed by atoms with Crippen LogP contribution in [0.15, 0.2) is 18.3 Å². The summed E-state index contributed by atoms with van der Waals surface area (Å²) in [5.41, 5.74) is 0.280. The van der Waals surface area contributed by atoms with Crippen LogP contribution in [0.1, 0.15) is 23.2 Å². The van der Waals surface area contributed by atoms with E-state index in [0.717, 1.165) is 12.8 Å². The Bertz CT molecular complexity index is 361. The summed E-state index contributed by atoms with van der Waals surface area (Å²) in [6, 6.07) is 3.71. The molecule has 1 saturated carbocycles. The molecular weight excluding hydrogens is 180 g/mol. The van der Waals surface area contributed by atoms with E-state index in [1.54, 1.807) is 18.3 Å². The molecule has 4 heteroatoms. The number of rotatable bonds is 3. The predicted molar refractivity (Wildman–Crippen MR) is 52.6 cm³/mol. The summed E-state index contributed by atoms with van der Waals surface area (Å²) in [5, 5.41) is 8.95. The molecule has 2 rings (SSSR count). The lowest BCUT2D eigenvalue weighted by atomic mass is 10.2. The van der Waals surface area contributed by atoms with Gasteiger partial charge < -0.3 is 10.0 Å².